The molecule has 3 fully saturated rings. The molecule has 0 radical (unpaired) electrons. The predicted octanol–water partition coefficient (Wildman–Crippen LogP) is 3.67. The molecule has 1 saturated heterocycles. The number of carbonyl (C=O) groups excluding carboxylic acids is 1. The fourth-order valence-corrected chi connectivity index (χ4v) is 10.7. The zero-order chi connectivity index (χ0) is 22.1. The lowest BCUT2D eigenvalue weighted by molar-refractivity contribution is -0.166. The van der Waals surface area contributed by atoms with Crippen LogP contribution in [-0.2, 0) is 18.7 Å². The fourth-order valence-electron chi connectivity index (χ4n) is 5.99. The van der Waals surface area contributed by atoms with Crippen LogP contribution in [0.1, 0.15) is 41.0 Å². The van der Waals surface area contributed by atoms with Crippen LogP contribution in [0.2, 0.25) is 5.04 Å². The van der Waals surface area contributed by atoms with E-state index in [0.717, 1.165) is 12.7 Å². The van der Waals surface area contributed by atoms with Gasteiger partial charge in [0.15, 0.2) is 5.79 Å². The van der Waals surface area contributed by atoms with Crippen LogP contribution in [0.3, 0.4) is 0 Å². The molecule has 4 nitrogen and oxygen atoms in total. The first-order valence-electron chi connectivity index (χ1n) is 11.3. The van der Waals surface area contributed by atoms with Gasteiger partial charge in [-0.15, -0.1) is 0 Å². The van der Waals surface area contributed by atoms with Gasteiger partial charge in [0.1, 0.15) is 18.5 Å². The average molecular weight is 437 g/mol. The van der Waals surface area contributed by atoms with Gasteiger partial charge >= 0.3 is 0 Å². The van der Waals surface area contributed by atoms with Crippen molar-refractivity contribution >= 4 is 25.0 Å². The van der Waals surface area contributed by atoms with Gasteiger partial charge in [-0.1, -0.05) is 81.4 Å². The van der Waals surface area contributed by atoms with Crippen molar-refractivity contribution in [3.8, 4) is 0 Å². The van der Waals surface area contributed by atoms with Gasteiger partial charge in [-0.25, -0.2) is 0 Å². The second-order valence-electron chi connectivity index (χ2n) is 10.8. The predicted molar refractivity (Wildman–Crippen MR) is 123 cm³/mol. The number of carbonyl (C=O) groups is 1. The maximum Gasteiger partial charge on any atom is 0.261 e. The molecule has 0 aromatic heterocycles. The Morgan fingerprint density at radius 2 is 1.52 bits per heavy atom. The maximum absolute atomic E-state index is 12.2. The maximum atomic E-state index is 12.2. The molecule has 5 heteroatoms. The van der Waals surface area contributed by atoms with E-state index in [4.69, 9.17) is 13.9 Å². The molecule has 2 aromatic carbocycles. The Balaban J connectivity index is 1.65. The largest absolute Gasteiger partial charge is 0.401 e. The van der Waals surface area contributed by atoms with Crippen LogP contribution in [0.25, 0.3) is 0 Å². The normalized spacial score (nSPS) is 33.6. The zero-order valence-corrected chi connectivity index (χ0v) is 20.0. The van der Waals surface area contributed by atoms with Gasteiger partial charge in [0, 0.05) is 5.92 Å². The summed E-state index contributed by atoms with van der Waals surface area (Å²) in [5.74, 6) is -0.552. The van der Waals surface area contributed by atoms with Gasteiger partial charge in [-0.3, -0.25) is 0 Å². The molecule has 0 unspecified atom stereocenters. The molecule has 3 aliphatic rings. The Labute approximate surface area is 186 Å². The molecular weight excluding hydrogens is 404 g/mol. The summed E-state index contributed by atoms with van der Waals surface area (Å²) in [6, 6.07) is 21.3. The summed E-state index contributed by atoms with van der Waals surface area (Å²) >= 11 is 0. The molecule has 2 aromatic rings. The van der Waals surface area contributed by atoms with E-state index in [1.807, 2.05) is 13.8 Å². The number of hydrogen-bond acceptors (Lipinski definition) is 4. The summed E-state index contributed by atoms with van der Waals surface area (Å²) in [7, 11) is -2.73. The van der Waals surface area contributed by atoms with Crippen LogP contribution < -0.4 is 10.4 Å². The first-order valence-corrected chi connectivity index (χ1v) is 13.2. The minimum atomic E-state index is -2.73. The summed E-state index contributed by atoms with van der Waals surface area (Å²) in [6.45, 7) is 10.7. The van der Waals surface area contributed by atoms with Crippen LogP contribution in [0, 0.1) is 11.3 Å². The number of aldehydes is 1. The topological polar surface area (TPSA) is 44.8 Å². The van der Waals surface area contributed by atoms with Crippen LogP contribution in [-0.4, -0.2) is 38.7 Å². The van der Waals surface area contributed by atoms with Gasteiger partial charge in [0.25, 0.3) is 8.32 Å². The Bertz CT molecular complexity index is 928. The first kappa shape index (κ1) is 21.1. The van der Waals surface area contributed by atoms with Crippen molar-refractivity contribution in [3.63, 3.8) is 0 Å². The van der Waals surface area contributed by atoms with E-state index in [1.54, 1.807) is 0 Å². The summed E-state index contributed by atoms with van der Waals surface area (Å²) in [6.07, 6.45) is 1.31. The van der Waals surface area contributed by atoms with Crippen molar-refractivity contribution in [2.24, 2.45) is 11.3 Å². The van der Waals surface area contributed by atoms with Gasteiger partial charge in [0.05, 0.1) is 11.5 Å². The molecule has 0 bridgehead atoms. The van der Waals surface area contributed by atoms with E-state index in [0.29, 0.717) is 0 Å². The highest BCUT2D eigenvalue weighted by Gasteiger charge is 2.77. The molecule has 1 heterocycles. The number of rotatable bonds is 5. The van der Waals surface area contributed by atoms with Crippen LogP contribution in [0.15, 0.2) is 60.7 Å². The van der Waals surface area contributed by atoms with Crippen molar-refractivity contribution in [1.82, 2.24) is 0 Å². The van der Waals surface area contributed by atoms with Crippen molar-refractivity contribution in [2.75, 3.05) is 0 Å². The van der Waals surface area contributed by atoms with E-state index in [2.05, 4.69) is 81.4 Å². The van der Waals surface area contributed by atoms with Crippen LogP contribution >= 0.6 is 0 Å². The molecule has 0 N–H and O–H groups in total. The monoisotopic (exact) mass is 436 g/mol. The number of ether oxygens (including phenoxy) is 2. The lowest BCUT2D eigenvalue weighted by Crippen LogP contribution is -2.68. The van der Waals surface area contributed by atoms with Gasteiger partial charge in [0.2, 0.25) is 0 Å². The van der Waals surface area contributed by atoms with Crippen molar-refractivity contribution < 1.29 is 18.7 Å². The standard InChI is InChI=1S/C26H32O4Si/c1-24(2,3)31(18-12-8-6-9-13-18,19-14-10-7-11-15-19)30-21-20-16-26(20,17-27)23-22(21)28-25(4,5)29-23/h6-15,17,20-23H,16H2,1-5H3/t20-,21+,22+,23+,26+/m1/s1. The Hall–Kier alpha value is -1.79. The van der Waals surface area contributed by atoms with Crippen LogP contribution in [0.5, 0.6) is 0 Å². The highest BCUT2D eigenvalue weighted by Crippen LogP contribution is 2.67. The Morgan fingerprint density at radius 3 is 2.00 bits per heavy atom. The summed E-state index contributed by atoms with van der Waals surface area (Å²) in [5.41, 5.74) is -0.464. The third-order valence-electron chi connectivity index (χ3n) is 7.43. The quantitative estimate of drug-likeness (QED) is 0.530. The number of fused-ring (bicyclic) bond motifs is 3. The van der Waals surface area contributed by atoms with Gasteiger partial charge in [-0.05, 0) is 35.7 Å². The fraction of sp³-hybridized carbons (Fsp3) is 0.500. The SMILES string of the molecule is CC1(C)O[C@H]2[C@@H](O[Si](c3ccccc3)(c3ccccc3)C(C)(C)C)[C@H]3C[C@@]3(C=O)[C@H]2O1. The first-order chi connectivity index (χ1) is 14.6. The van der Waals surface area contributed by atoms with E-state index >= 15 is 0 Å². The zero-order valence-electron chi connectivity index (χ0n) is 19.0. The molecule has 0 spiro atoms. The van der Waals surface area contributed by atoms with Gasteiger partial charge < -0.3 is 18.7 Å². The summed E-state index contributed by atoms with van der Waals surface area (Å²) in [4.78, 5) is 12.2. The van der Waals surface area contributed by atoms with Gasteiger partial charge in [-0.2, -0.15) is 0 Å². The molecule has 1 aliphatic heterocycles. The molecule has 164 valence electrons. The third kappa shape index (κ3) is 3.01. The third-order valence-corrected chi connectivity index (χ3v) is 12.5. The second-order valence-corrected chi connectivity index (χ2v) is 15.1. The molecule has 31 heavy (non-hydrogen) atoms. The number of benzene rings is 2. The van der Waals surface area contributed by atoms with E-state index in [9.17, 15) is 4.79 Å². The highest BCUT2D eigenvalue weighted by molar-refractivity contribution is 6.99. The highest BCUT2D eigenvalue weighted by atomic mass is 28.4. The molecule has 5 atom stereocenters. The van der Waals surface area contributed by atoms with Crippen LogP contribution in [0.4, 0.5) is 0 Å². The van der Waals surface area contributed by atoms with E-state index < -0.39 is 19.5 Å². The molecule has 2 aliphatic carbocycles. The van der Waals surface area contributed by atoms with Crippen molar-refractivity contribution in [1.29, 1.82) is 0 Å². The molecule has 2 saturated carbocycles. The van der Waals surface area contributed by atoms with E-state index in [-0.39, 0.29) is 29.3 Å². The van der Waals surface area contributed by atoms with Crippen molar-refractivity contribution in [2.45, 2.75) is 70.2 Å². The lowest BCUT2D eigenvalue weighted by Gasteiger charge is -2.45. The molecular formula is C26H32O4Si. The number of hydrogen-bond donors (Lipinski definition) is 0. The molecule has 0 amide bonds. The lowest BCUT2D eigenvalue weighted by atomic mass is 10.0. The second kappa shape index (κ2) is 6.85. The van der Waals surface area contributed by atoms with E-state index in [1.165, 1.54) is 10.4 Å². The summed E-state index contributed by atoms with van der Waals surface area (Å²) in [5, 5.41) is 2.36. The minimum Gasteiger partial charge on any atom is -0.401 e. The van der Waals surface area contributed by atoms with Crippen molar-refractivity contribution in [3.05, 3.63) is 60.7 Å². The smallest absolute Gasteiger partial charge is 0.261 e. The molecule has 5 rings (SSSR count). The Kier molecular flexibility index (Phi) is 4.66. The summed E-state index contributed by atoms with van der Waals surface area (Å²) < 4.78 is 20.0. The minimum absolute atomic E-state index is 0.124. The average Bonchev–Trinajstić information content (AvgIpc) is 3.31. The Morgan fingerprint density at radius 1 is 0.968 bits per heavy atom.